The summed E-state index contributed by atoms with van der Waals surface area (Å²) < 4.78 is 17.5. The second-order valence-corrected chi connectivity index (χ2v) is 20.3. The first kappa shape index (κ1) is 68.9. The summed E-state index contributed by atoms with van der Waals surface area (Å²) in [6.45, 7) is 5.63. The van der Waals surface area contributed by atoms with Crippen molar-refractivity contribution in [1.29, 1.82) is 0 Å². The molecule has 0 radical (unpaired) electrons. The molecule has 1 aliphatic rings. The highest BCUT2D eigenvalue weighted by Gasteiger charge is 2.47. The third kappa shape index (κ3) is 38.4. The number of amides is 1. The predicted octanol–water partition coefficient (Wildman–Crippen LogP) is 13.8. The number of rotatable bonds is 49. The van der Waals surface area contributed by atoms with Crippen molar-refractivity contribution in [2.24, 2.45) is 0 Å². The summed E-state index contributed by atoms with van der Waals surface area (Å²) >= 11 is 0. The van der Waals surface area contributed by atoms with Crippen LogP contribution < -0.4 is 5.32 Å². The fourth-order valence-corrected chi connectivity index (χ4v) is 8.79. The molecule has 0 spiro atoms. The van der Waals surface area contributed by atoms with Crippen molar-refractivity contribution in [1.82, 2.24) is 5.32 Å². The summed E-state index contributed by atoms with van der Waals surface area (Å²) in [5, 5.41) is 56.8. The van der Waals surface area contributed by atoms with E-state index in [0.717, 1.165) is 109 Å². The number of carbonyl (C=O) groups is 2. The van der Waals surface area contributed by atoms with Gasteiger partial charge in [0.25, 0.3) is 0 Å². The van der Waals surface area contributed by atoms with E-state index in [9.17, 15) is 35.1 Å². The highest BCUT2D eigenvalue weighted by molar-refractivity contribution is 5.80. The Labute approximate surface area is 451 Å². The number of carbonyl (C=O) groups excluding carboxylic acids is 2. The number of hydrogen-bond donors (Lipinski definition) is 6. The van der Waals surface area contributed by atoms with Crippen molar-refractivity contribution in [2.45, 2.75) is 288 Å². The normalized spacial score (nSPS) is 19.9. The molecule has 0 saturated carbocycles. The van der Waals surface area contributed by atoms with E-state index in [0.29, 0.717) is 12.8 Å². The lowest BCUT2D eigenvalue weighted by Crippen LogP contribution is -2.61. The van der Waals surface area contributed by atoms with Gasteiger partial charge in [-0.05, 0) is 96.3 Å². The van der Waals surface area contributed by atoms with Gasteiger partial charge < -0.3 is 45.1 Å². The smallest absolute Gasteiger partial charge is 0.306 e. The molecule has 8 unspecified atom stereocenters. The molecule has 1 saturated heterocycles. The minimum absolute atomic E-state index is 0.0978. The Morgan fingerprint density at radius 1 is 0.541 bits per heavy atom. The number of esters is 1. The molecular formula is C63H109NO10. The highest BCUT2D eigenvalue weighted by atomic mass is 16.7. The molecule has 1 heterocycles. The SMILES string of the molecule is CC/C=C\C/C=C\C/C=C\C/C=C\C/C=C\CCCCCCC(O)C(=O)NC(COC1OC(CO)C(O)C(O)C1OC(=O)CCCCC/C=C\CCCCCCCCC)C(O)/C=C/CCCCCCCCCCC. The molecular weight excluding hydrogens is 931 g/mol. The summed E-state index contributed by atoms with van der Waals surface area (Å²) in [7, 11) is 0. The lowest BCUT2D eigenvalue weighted by molar-refractivity contribution is -0.305. The Morgan fingerprint density at radius 2 is 0.973 bits per heavy atom. The van der Waals surface area contributed by atoms with Crippen LogP contribution in [0.3, 0.4) is 0 Å². The summed E-state index contributed by atoms with van der Waals surface area (Å²) in [6.07, 6.45) is 54.8. The van der Waals surface area contributed by atoms with Crippen LogP contribution in [0.4, 0.5) is 0 Å². The van der Waals surface area contributed by atoms with E-state index in [1.54, 1.807) is 6.08 Å². The van der Waals surface area contributed by atoms with E-state index in [2.05, 4.69) is 99.0 Å². The molecule has 11 heteroatoms. The summed E-state index contributed by atoms with van der Waals surface area (Å²) in [5.41, 5.74) is 0. The molecule has 1 aliphatic heterocycles. The van der Waals surface area contributed by atoms with Crippen LogP contribution in [0.15, 0.2) is 85.1 Å². The number of nitrogens with one attached hydrogen (secondary N) is 1. The zero-order valence-electron chi connectivity index (χ0n) is 46.9. The molecule has 0 aromatic heterocycles. The van der Waals surface area contributed by atoms with E-state index < -0.39 is 67.4 Å². The number of aliphatic hydroxyl groups is 5. The largest absolute Gasteiger partial charge is 0.454 e. The van der Waals surface area contributed by atoms with Gasteiger partial charge in [-0.1, -0.05) is 221 Å². The Hall–Kier alpha value is -3.16. The van der Waals surface area contributed by atoms with Crippen LogP contribution in [-0.4, -0.2) is 99.6 Å². The molecule has 0 aliphatic carbocycles. The average molecular weight is 1040 g/mol. The Bertz CT molecular complexity index is 1520. The Kier molecular flexibility index (Phi) is 47.1. The van der Waals surface area contributed by atoms with Gasteiger partial charge in [0.15, 0.2) is 12.4 Å². The second kappa shape index (κ2) is 50.6. The molecule has 1 amide bonds. The van der Waals surface area contributed by atoms with Gasteiger partial charge >= 0.3 is 5.97 Å². The average Bonchev–Trinajstić information content (AvgIpc) is 3.40. The monoisotopic (exact) mass is 1040 g/mol. The number of hydrogen-bond acceptors (Lipinski definition) is 10. The molecule has 8 atom stereocenters. The molecule has 11 nitrogen and oxygen atoms in total. The maximum absolute atomic E-state index is 13.4. The molecule has 74 heavy (non-hydrogen) atoms. The van der Waals surface area contributed by atoms with Gasteiger partial charge in [-0.25, -0.2) is 0 Å². The van der Waals surface area contributed by atoms with Gasteiger partial charge in [-0.15, -0.1) is 0 Å². The standard InChI is InChI=1S/C63H109NO10/c1-4-7-10-13-16-19-22-24-26-27-28-29-30-31-32-35-38-41-44-47-50-56(67)62(71)64-54(55(66)49-46-43-40-37-34-21-18-15-12-9-6-3)53-72-63-61(60(70)59(69)57(52-65)73-63)74-58(68)51-48-45-42-39-36-33-25-23-20-17-14-11-8-5-2/h7,10,16,19,24,26,28-29,31-33,36,46,49,54-57,59-61,63,65-67,69-70H,4-6,8-9,11-15,17-18,20-23,25,27,30,34-35,37-45,47-48,50-53H2,1-3H3,(H,64,71)/b10-7-,19-16-,26-24-,29-28-,32-31-,36-33-,49-46+. The molecule has 0 aromatic carbocycles. The van der Waals surface area contributed by atoms with Crippen LogP contribution in [0.5, 0.6) is 0 Å². The van der Waals surface area contributed by atoms with E-state index in [-0.39, 0.29) is 19.4 Å². The van der Waals surface area contributed by atoms with Crippen LogP contribution in [0, 0.1) is 0 Å². The quantitative estimate of drug-likeness (QED) is 0.0195. The minimum Gasteiger partial charge on any atom is -0.454 e. The summed E-state index contributed by atoms with van der Waals surface area (Å²) in [6, 6.07) is -1.04. The van der Waals surface area contributed by atoms with Gasteiger partial charge in [-0.3, -0.25) is 9.59 Å². The van der Waals surface area contributed by atoms with E-state index in [1.807, 2.05) is 6.08 Å². The van der Waals surface area contributed by atoms with Crippen molar-refractivity contribution in [2.75, 3.05) is 13.2 Å². The van der Waals surface area contributed by atoms with Gasteiger partial charge in [0.2, 0.25) is 5.91 Å². The Morgan fingerprint density at radius 3 is 1.47 bits per heavy atom. The second-order valence-electron chi connectivity index (χ2n) is 20.3. The van der Waals surface area contributed by atoms with Crippen molar-refractivity contribution >= 4 is 11.9 Å². The van der Waals surface area contributed by atoms with Crippen molar-refractivity contribution < 1.29 is 49.3 Å². The summed E-state index contributed by atoms with van der Waals surface area (Å²) in [5.74, 6) is -1.24. The van der Waals surface area contributed by atoms with Crippen LogP contribution in [-0.2, 0) is 23.8 Å². The number of ether oxygens (including phenoxy) is 3. The maximum Gasteiger partial charge on any atom is 0.306 e. The number of allylic oxidation sites excluding steroid dienone is 13. The van der Waals surface area contributed by atoms with Crippen LogP contribution in [0.25, 0.3) is 0 Å². The molecule has 0 bridgehead atoms. The first-order chi connectivity index (χ1) is 36.2. The first-order valence-corrected chi connectivity index (χ1v) is 29.9. The summed E-state index contributed by atoms with van der Waals surface area (Å²) in [4.78, 5) is 26.5. The molecule has 1 fully saturated rings. The van der Waals surface area contributed by atoms with Crippen molar-refractivity contribution in [3.8, 4) is 0 Å². The maximum atomic E-state index is 13.4. The van der Waals surface area contributed by atoms with Crippen molar-refractivity contribution in [3.05, 3.63) is 85.1 Å². The fourth-order valence-electron chi connectivity index (χ4n) is 8.79. The molecule has 1 rings (SSSR count). The van der Waals surface area contributed by atoms with E-state index in [1.165, 1.54) is 83.5 Å². The third-order valence-corrected chi connectivity index (χ3v) is 13.5. The van der Waals surface area contributed by atoms with Gasteiger partial charge in [0, 0.05) is 6.42 Å². The number of aliphatic hydroxyl groups excluding tert-OH is 5. The molecule has 426 valence electrons. The number of unbranched alkanes of at least 4 members (excludes halogenated alkanes) is 23. The minimum atomic E-state index is -1.63. The van der Waals surface area contributed by atoms with Crippen LogP contribution >= 0.6 is 0 Å². The topological polar surface area (TPSA) is 175 Å². The lowest BCUT2D eigenvalue weighted by atomic mass is 9.99. The van der Waals surface area contributed by atoms with Crippen LogP contribution in [0.2, 0.25) is 0 Å². The predicted molar refractivity (Wildman–Crippen MR) is 306 cm³/mol. The zero-order valence-corrected chi connectivity index (χ0v) is 46.9. The van der Waals surface area contributed by atoms with E-state index >= 15 is 0 Å². The Balaban J connectivity index is 2.72. The molecule has 0 aromatic rings. The van der Waals surface area contributed by atoms with Crippen LogP contribution in [0.1, 0.15) is 239 Å². The first-order valence-electron chi connectivity index (χ1n) is 29.9. The van der Waals surface area contributed by atoms with Gasteiger partial charge in [0.05, 0.1) is 25.4 Å². The van der Waals surface area contributed by atoms with Gasteiger partial charge in [-0.2, -0.15) is 0 Å². The third-order valence-electron chi connectivity index (χ3n) is 13.5. The molecule has 6 N–H and O–H groups in total. The zero-order chi connectivity index (χ0) is 54.0. The highest BCUT2D eigenvalue weighted by Crippen LogP contribution is 2.26. The van der Waals surface area contributed by atoms with Gasteiger partial charge in [0.1, 0.15) is 24.4 Å². The lowest BCUT2D eigenvalue weighted by Gasteiger charge is -2.41. The fraction of sp³-hybridized carbons (Fsp3) is 0.746. The van der Waals surface area contributed by atoms with E-state index in [4.69, 9.17) is 14.2 Å². The van der Waals surface area contributed by atoms with Crippen molar-refractivity contribution in [3.63, 3.8) is 0 Å².